The van der Waals surface area contributed by atoms with Gasteiger partial charge in [0.1, 0.15) is 24.5 Å². The number of nitrogens with one attached hydrogen (secondary N) is 2. The van der Waals surface area contributed by atoms with E-state index in [9.17, 15) is 4.79 Å². The molecule has 0 unspecified atom stereocenters. The summed E-state index contributed by atoms with van der Waals surface area (Å²) in [5.41, 5.74) is 0.453. The maximum absolute atomic E-state index is 11.8. The average molecular weight is 347 g/mol. The van der Waals surface area contributed by atoms with Gasteiger partial charge >= 0.3 is 5.97 Å². The molecule has 0 fully saturated rings. The quantitative estimate of drug-likeness (QED) is 0.327. The third-order valence-electron chi connectivity index (χ3n) is 2.90. The van der Waals surface area contributed by atoms with Gasteiger partial charge in [-0.1, -0.05) is 30.9 Å². The van der Waals surface area contributed by atoms with Crippen molar-refractivity contribution in [2.45, 2.75) is 39.8 Å². The number of ether oxygens (including phenoxy) is 2. The highest BCUT2D eigenvalue weighted by molar-refractivity contribution is 5.84. The molecule has 0 heterocycles. The summed E-state index contributed by atoms with van der Waals surface area (Å²) in [6, 6.07) is 7.71. The molecule has 6 nitrogen and oxygen atoms in total. The molecule has 0 amide bonds. The molecule has 0 aliphatic carbocycles. The van der Waals surface area contributed by atoms with Crippen LogP contribution in [-0.2, 0) is 16.1 Å². The van der Waals surface area contributed by atoms with Crippen LogP contribution < -0.4 is 15.4 Å². The van der Waals surface area contributed by atoms with Gasteiger partial charge in [0.25, 0.3) is 0 Å². The van der Waals surface area contributed by atoms with E-state index in [1.807, 2.05) is 52.0 Å². The fourth-order valence-corrected chi connectivity index (χ4v) is 1.96. The number of rotatable bonds is 8. The summed E-state index contributed by atoms with van der Waals surface area (Å²) in [5, 5.41) is 6.09. The first kappa shape index (κ1) is 20.5. The lowest BCUT2D eigenvalue weighted by Crippen LogP contribution is -2.41. The number of hydrogen-bond donors (Lipinski definition) is 2. The zero-order valence-electron chi connectivity index (χ0n) is 15.6. The number of benzene rings is 1. The molecule has 1 aromatic carbocycles. The molecule has 0 bridgehead atoms. The lowest BCUT2D eigenvalue weighted by molar-refractivity contribution is -0.153. The van der Waals surface area contributed by atoms with Crippen LogP contribution in [0.4, 0.5) is 0 Å². The normalized spacial score (nSPS) is 11.6. The summed E-state index contributed by atoms with van der Waals surface area (Å²) in [6.45, 7) is 12.7. The SMILES string of the molecule is C=CCOc1ccccc1CN=C(NCC)NCC(=O)OC(C)(C)C. The minimum absolute atomic E-state index is 0.0533. The maximum atomic E-state index is 11.8. The van der Waals surface area contributed by atoms with Crippen LogP contribution in [0.25, 0.3) is 0 Å². The predicted molar refractivity (Wildman–Crippen MR) is 101 cm³/mol. The first-order valence-corrected chi connectivity index (χ1v) is 8.41. The van der Waals surface area contributed by atoms with Crippen LogP contribution in [0.5, 0.6) is 5.75 Å². The van der Waals surface area contributed by atoms with Gasteiger partial charge in [-0.2, -0.15) is 0 Å². The second-order valence-corrected chi connectivity index (χ2v) is 6.34. The van der Waals surface area contributed by atoms with E-state index in [-0.39, 0.29) is 12.5 Å². The third kappa shape index (κ3) is 8.79. The van der Waals surface area contributed by atoms with E-state index in [1.165, 1.54) is 0 Å². The molecule has 0 radical (unpaired) electrons. The summed E-state index contributed by atoms with van der Waals surface area (Å²) in [7, 11) is 0. The molecule has 0 atom stereocenters. The topological polar surface area (TPSA) is 72.0 Å². The van der Waals surface area contributed by atoms with Gasteiger partial charge < -0.3 is 20.1 Å². The number of carbonyl (C=O) groups is 1. The Balaban J connectivity index is 2.69. The lowest BCUT2D eigenvalue weighted by atomic mass is 10.2. The molecular weight excluding hydrogens is 318 g/mol. The molecule has 25 heavy (non-hydrogen) atoms. The van der Waals surface area contributed by atoms with Crippen molar-refractivity contribution in [3.8, 4) is 5.75 Å². The zero-order valence-corrected chi connectivity index (χ0v) is 15.6. The highest BCUT2D eigenvalue weighted by Crippen LogP contribution is 2.18. The zero-order chi connectivity index (χ0) is 18.7. The average Bonchev–Trinajstić information content (AvgIpc) is 2.54. The molecule has 0 spiro atoms. The summed E-state index contributed by atoms with van der Waals surface area (Å²) in [5.74, 6) is 0.994. The Bertz CT molecular complexity index is 592. The fraction of sp³-hybridized carbons (Fsp3) is 0.474. The second-order valence-electron chi connectivity index (χ2n) is 6.34. The van der Waals surface area contributed by atoms with Gasteiger partial charge in [-0.25, -0.2) is 4.99 Å². The van der Waals surface area contributed by atoms with Crippen LogP contribution in [0.2, 0.25) is 0 Å². The Morgan fingerprint density at radius 3 is 2.64 bits per heavy atom. The van der Waals surface area contributed by atoms with Gasteiger partial charge in [0.05, 0.1) is 6.54 Å². The molecular formula is C19H29N3O3. The predicted octanol–water partition coefficient (Wildman–Crippen LogP) is 2.65. The minimum Gasteiger partial charge on any atom is -0.489 e. The Kier molecular flexibility index (Phi) is 8.53. The Morgan fingerprint density at radius 1 is 1.28 bits per heavy atom. The highest BCUT2D eigenvalue weighted by atomic mass is 16.6. The van der Waals surface area contributed by atoms with Crippen LogP contribution in [0, 0.1) is 0 Å². The summed E-state index contributed by atoms with van der Waals surface area (Å²) >= 11 is 0. The third-order valence-corrected chi connectivity index (χ3v) is 2.90. The molecule has 0 aromatic heterocycles. The fourth-order valence-electron chi connectivity index (χ4n) is 1.96. The molecule has 0 aliphatic heterocycles. The van der Waals surface area contributed by atoms with Crippen molar-refractivity contribution in [1.82, 2.24) is 10.6 Å². The number of nitrogens with zero attached hydrogens (tertiary/aromatic N) is 1. The number of esters is 1. The van der Waals surface area contributed by atoms with Crippen molar-refractivity contribution in [3.63, 3.8) is 0 Å². The largest absolute Gasteiger partial charge is 0.489 e. The van der Waals surface area contributed by atoms with Gasteiger partial charge in [0, 0.05) is 12.1 Å². The van der Waals surface area contributed by atoms with Gasteiger partial charge in [-0.15, -0.1) is 0 Å². The summed E-state index contributed by atoms with van der Waals surface area (Å²) < 4.78 is 10.9. The van der Waals surface area contributed by atoms with Gasteiger partial charge in [-0.3, -0.25) is 4.79 Å². The molecule has 0 aliphatic rings. The van der Waals surface area contributed by atoms with Gasteiger partial charge in [0.15, 0.2) is 5.96 Å². The van der Waals surface area contributed by atoms with Crippen molar-refractivity contribution in [2.24, 2.45) is 4.99 Å². The monoisotopic (exact) mass is 347 g/mol. The second kappa shape index (κ2) is 10.4. The van der Waals surface area contributed by atoms with E-state index in [2.05, 4.69) is 22.2 Å². The van der Waals surface area contributed by atoms with Gasteiger partial charge in [-0.05, 0) is 33.8 Å². The van der Waals surface area contributed by atoms with E-state index in [4.69, 9.17) is 9.47 Å². The van der Waals surface area contributed by atoms with E-state index >= 15 is 0 Å². The van der Waals surface area contributed by atoms with Crippen LogP contribution in [-0.4, -0.2) is 37.2 Å². The first-order chi connectivity index (χ1) is 11.9. The Hall–Kier alpha value is -2.50. The van der Waals surface area contributed by atoms with Gasteiger partial charge in [0.2, 0.25) is 0 Å². The maximum Gasteiger partial charge on any atom is 0.325 e. The van der Waals surface area contributed by atoms with Crippen molar-refractivity contribution in [3.05, 3.63) is 42.5 Å². The smallest absolute Gasteiger partial charge is 0.325 e. The Labute approximate surface area is 150 Å². The molecule has 1 aromatic rings. The number of aliphatic imine (C=N–C) groups is 1. The molecule has 2 N–H and O–H groups in total. The van der Waals surface area contributed by atoms with E-state index in [0.717, 1.165) is 11.3 Å². The lowest BCUT2D eigenvalue weighted by Gasteiger charge is -2.20. The van der Waals surface area contributed by atoms with E-state index in [1.54, 1.807) is 6.08 Å². The van der Waals surface area contributed by atoms with Crippen molar-refractivity contribution >= 4 is 11.9 Å². The minimum atomic E-state index is -0.504. The Morgan fingerprint density at radius 2 is 2.00 bits per heavy atom. The van der Waals surface area contributed by atoms with Crippen LogP contribution in [0.15, 0.2) is 41.9 Å². The molecule has 0 saturated carbocycles. The van der Waals surface area contributed by atoms with Crippen molar-refractivity contribution in [1.29, 1.82) is 0 Å². The summed E-state index contributed by atoms with van der Waals surface area (Å²) in [4.78, 5) is 16.3. The van der Waals surface area contributed by atoms with Crippen LogP contribution in [0.1, 0.15) is 33.3 Å². The number of carbonyl (C=O) groups excluding carboxylic acids is 1. The molecule has 0 saturated heterocycles. The first-order valence-electron chi connectivity index (χ1n) is 8.41. The molecule has 138 valence electrons. The van der Waals surface area contributed by atoms with Crippen molar-refractivity contribution < 1.29 is 14.3 Å². The summed E-state index contributed by atoms with van der Waals surface area (Å²) in [6.07, 6.45) is 1.70. The van der Waals surface area contributed by atoms with Crippen molar-refractivity contribution in [2.75, 3.05) is 19.7 Å². The standard InChI is InChI=1S/C19H29N3O3/c1-6-12-24-16-11-9-8-10-15(16)13-21-18(20-7-2)22-14-17(23)25-19(3,4)5/h6,8-11H,1,7,12-14H2,2-5H3,(H2,20,21,22). The number of hydrogen-bond acceptors (Lipinski definition) is 4. The highest BCUT2D eigenvalue weighted by Gasteiger charge is 2.16. The molecule has 1 rings (SSSR count). The van der Waals surface area contributed by atoms with Crippen LogP contribution >= 0.6 is 0 Å². The number of para-hydroxylation sites is 1. The van der Waals surface area contributed by atoms with Crippen LogP contribution in [0.3, 0.4) is 0 Å². The number of guanidine groups is 1. The van der Waals surface area contributed by atoms with E-state index < -0.39 is 5.60 Å². The molecule has 6 heteroatoms. The van der Waals surface area contributed by atoms with E-state index in [0.29, 0.717) is 25.7 Å².